The van der Waals surface area contributed by atoms with Crippen molar-refractivity contribution in [1.82, 2.24) is 10.6 Å². The number of amides is 1. The average Bonchev–Trinajstić information content (AvgIpc) is 2.84. The maximum Gasteiger partial charge on any atom is 0.254 e. The molecule has 1 atom stereocenters. The van der Waals surface area contributed by atoms with Crippen LogP contribution in [0, 0.1) is 12.8 Å². The van der Waals surface area contributed by atoms with E-state index in [9.17, 15) is 4.79 Å². The number of rotatable bonds is 3. The molecule has 1 saturated heterocycles. The molecule has 1 aliphatic rings. The second-order valence-corrected chi connectivity index (χ2v) is 3.96. The minimum atomic E-state index is -0.0341. The highest BCUT2D eigenvalue weighted by Gasteiger charge is 2.17. The van der Waals surface area contributed by atoms with Crippen molar-refractivity contribution in [2.24, 2.45) is 5.92 Å². The first-order valence-corrected chi connectivity index (χ1v) is 5.30. The van der Waals surface area contributed by atoms with Crippen LogP contribution in [0.4, 0.5) is 0 Å². The molecule has 1 unspecified atom stereocenters. The first-order valence-electron chi connectivity index (χ1n) is 5.30. The predicted octanol–water partition coefficient (Wildman–Crippen LogP) is 1.35. The fourth-order valence-electron chi connectivity index (χ4n) is 1.84. The van der Waals surface area contributed by atoms with Crippen molar-refractivity contribution < 1.29 is 9.21 Å². The minimum Gasteiger partial charge on any atom is -0.469 e. The van der Waals surface area contributed by atoms with Crippen molar-refractivity contribution in [3.63, 3.8) is 0 Å². The maximum atomic E-state index is 11.7. The number of aryl methyl sites for hydroxylation is 1. The van der Waals surface area contributed by atoms with Crippen LogP contribution in [0.1, 0.15) is 22.5 Å². The van der Waals surface area contributed by atoms with Gasteiger partial charge in [0.25, 0.3) is 5.91 Å². The average molecular weight is 245 g/mol. The fourth-order valence-corrected chi connectivity index (χ4v) is 1.84. The summed E-state index contributed by atoms with van der Waals surface area (Å²) in [5.41, 5.74) is 0.640. The van der Waals surface area contributed by atoms with Crippen molar-refractivity contribution in [2.45, 2.75) is 13.3 Å². The minimum absolute atomic E-state index is 0. The first-order chi connectivity index (χ1) is 7.27. The molecule has 2 rings (SSSR count). The van der Waals surface area contributed by atoms with E-state index in [4.69, 9.17) is 4.42 Å². The molecule has 2 N–H and O–H groups in total. The van der Waals surface area contributed by atoms with E-state index in [0.29, 0.717) is 17.2 Å². The standard InChI is InChI=1S/C11H16N2O2.ClH/c1-8-10(3-5-15-8)11(14)13-7-9-2-4-12-6-9;/h3,5,9,12H,2,4,6-7H2,1H3,(H,13,14);1H. The summed E-state index contributed by atoms with van der Waals surface area (Å²) >= 11 is 0. The van der Waals surface area contributed by atoms with E-state index in [1.807, 2.05) is 0 Å². The smallest absolute Gasteiger partial charge is 0.254 e. The summed E-state index contributed by atoms with van der Waals surface area (Å²) in [7, 11) is 0. The number of carbonyl (C=O) groups is 1. The van der Waals surface area contributed by atoms with Gasteiger partial charge in [0.2, 0.25) is 0 Å². The van der Waals surface area contributed by atoms with Gasteiger partial charge in [-0.05, 0) is 38.4 Å². The molecule has 1 amide bonds. The Bertz CT molecular complexity index is 346. The van der Waals surface area contributed by atoms with Crippen molar-refractivity contribution in [3.05, 3.63) is 23.7 Å². The summed E-state index contributed by atoms with van der Waals surface area (Å²) in [6.45, 7) is 4.61. The Kier molecular flexibility index (Phi) is 4.83. The summed E-state index contributed by atoms with van der Waals surface area (Å²) in [5.74, 6) is 1.21. The number of hydrogen-bond acceptors (Lipinski definition) is 3. The van der Waals surface area contributed by atoms with Crippen molar-refractivity contribution >= 4 is 18.3 Å². The van der Waals surface area contributed by atoms with Gasteiger partial charge in [-0.25, -0.2) is 0 Å². The van der Waals surface area contributed by atoms with Crippen LogP contribution in [0.15, 0.2) is 16.7 Å². The molecule has 4 nitrogen and oxygen atoms in total. The summed E-state index contributed by atoms with van der Waals surface area (Å²) < 4.78 is 5.08. The Balaban J connectivity index is 0.00000128. The molecule has 0 aromatic carbocycles. The van der Waals surface area contributed by atoms with Gasteiger partial charge >= 0.3 is 0 Å². The lowest BCUT2D eigenvalue weighted by Gasteiger charge is -2.09. The topological polar surface area (TPSA) is 54.3 Å². The third kappa shape index (κ3) is 3.00. The lowest BCUT2D eigenvalue weighted by Crippen LogP contribution is -2.30. The molecule has 0 spiro atoms. The normalized spacial score (nSPS) is 19.2. The van der Waals surface area contributed by atoms with Gasteiger partial charge in [-0.1, -0.05) is 0 Å². The number of nitrogens with one attached hydrogen (secondary N) is 2. The zero-order chi connectivity index (χ0) is 10.7. The second-order valence-electron chi connectivity index (χ2n) is 3.96. The lowest BCUT2D eigenvalue weighted by molar-refractivity contribution is 0.0946. The van der Waals surface area contributed by atoms with Crippen molar-refractivity contribution in [2.75, 3.05) is 19.6 Å². The zero-order valence-corrected chi connectivity index (χ0v) is 10.1. The van der Waals surface area contributed by atoms with E-state index < -0.39 is 0 Å². The molecule has 1 fully saturated rings. The fraction of sp³-hybridized carbons (Fsp3) is 0.545. The number of halogens is 1. The second kappa shape index (κ2) is 5.92. The predicted molar refractivity (Wildman–Crippen MR) is 64.0 cm³/mol. The van der Waals surface area contributed by atoms with Crippen LogP contribution < -0.4 is 10.6 Å². The van der Waals surface area contributed by atoms with Crippen LogP contribution >= 0.6 is 12.4 Å². The third-order valence-corrected chi connectivity index (χ3v) is 2.82. The van der Waals surface area contributed by atoms with E-state index in [1.165, 1.54) is 0 Å². The Morgan fingerprint density at radius 3 is 3.06 bits per heavy atom. The number of furan rings is 1. The van der Waals surface area contributed by atoms with Gasteiger partial charge in [0.05, 0.1) is 11.8 Å². The van der Waals surface area contributed by atoms with Crippen LogP contribution in [-0.4, -0.2) is 25.5 Å². The van der Waals surface area contributed by atoms with E-state index in [0.717, 1.165) is 26.1 Å². The highest BCUT2D eigenvalue weighted by molar-refractivity contribution is 5.95. The van der Waals surface area contributed by atoms with E-state index in [-0.39, 0.29) is 18.3 Å². The van der Waals surface area contributed by atoms with E-state index in [2.05, 4.69) is 10.6 Å². The van der Waals surface area contributed by atoms with Gasteiger partial charge < -0.3 is 15.1 Å². The SMILES string of the molecule is Cc1occc1C(=O)NCC1CCNC1.Cl. The molecule has 0 bridgehead atoms. The van der Waals surface area contributed by atoms with Crippen molar-refractivity contribution in [1.29, 1.82) is 0 Å². The molecule has 1 aliphatic heterocycles. The molecule has 0 aliphatic carbocycles. The summed E-state index contributed by atoms with van der Waals surface area (Å²) in [4.78, 5) is 11.7. The van der Waals surface area contributed by atoms with E-state index in [1.54, 1.807) is 19.3 Å². The monoisotopic (exact) mass is 244 g/mol. The van der Waals surface area contributed by atoms with Gasteiger partial charge in [0.1, 0.15) is 5.76 Å². The molecule has 5 heteroatoms. The van der Waals surface area contributed by atoms with Crippen LogP contribution in [0.3, 0.4) is 0 Å². The van der Waals surface area contributed by atoms with E-state index >= 15 is 0 Å². The lowest BCUT2D eigenvalue weighted by atomic mass is 10.1. The molecule has 1 aromatic heterocycles. The molecular formula is C11H17ClN2O2. The Morgan fingerprint density at radius 2 is 2.50 bits per heavy atom. The molecule has 0 saturated carbocycles. The first kappa shape index (κ1) is 13.1. The number of carbonyl (C=O) groups excluding carboxylic acids is 1. The van der Waals surface area contributed by atoms with Crippen molar-refractivity contribution in [3.8, 4) is 0 Å². The molecule has 1 aromatic rings. The Hall–Kier alpha value is -1.00. The maximum absolute atomic E-state index is 11.7. The quantitative estimate of drug-likeness (QED) is 0.844. The summed E-state index contributed by atoms with van der Waals surface area (Å²) in [6.07, 6.45) is 2.69. The van der Waals surface area contributed by atoms with Gasteiger partial charge in [-0.2, -0.15) is 0 Å². The molecular weight excluding hydrogens is 228 g/mol. The van der Waals surface area contributed by atoms with Crippen LogP contribution in [0.5, 0.6) is 0 Å². The number of hydrogen-bond donors (Lipinski definition) is 2. The van der Waals surface area contributed by atoms with Gasteiger partial charge in [-0.15, -0.1) is 12.4 Å². The largest absolute Gasteiger partial charge is 0.469 e. The summed E-state index contributed by atoms with van der Waals surface area (Å²) in [5, 5.41) is 6.20. The van der Waals surface area contributed by atoms with Gasteiger partial charge in [0.15, 0.2) is 0 Å². The molecule has 16 heavy (non-hydrogen) atoms. The van der Waals surface area contributed by atoms with Gasteiger partial charge in [-0.3, -0.25) is 4.79 Å². The molecule has 90 valence electrons. The van der Waals surface area contributed by atoms with Crippen LogP contribution in [0.25, 0.3) is 0 Å². The van der Waals surface area contributed by atoms with Crippen LogP contribution in [-0.2, 0) is 0 Å². The van der Waals surface area contributed by atoms with Gasteiger partial charge in [0, 0.05) is 6.54 Å². The Morgan fingerprint density at radius 1 is 1.69 bits per heavy atom. The Labute approximate surface area is 101 Å². The molecule has 0 radical (unpaired) electrons. The highest BCUT2D eigenvalue weighted by atomic mass is 35.5. The third-order valence-electron chi connectivity index (χ3n) is 2.82. The highest BCUT2D eigenvalue weighted by Crippen LogP contribution is 2.09. The molecule has 2 heterocycles. The van der Waals surface area contributed by atoms with Crippen LogP contribution in [0.2, 0.25) is 0 Å². The summed E-state index contributed by atoms with van der Waals surface area (Å²) in [6, 6.07) is 1.71. The zero-order valence-electron chi connectivity index (χ0n) is 9.29.